The Kier molecular flexibility index (Phi) is 5.06. The smallest absolute Gasteiger partial charge is 0.241 e. The molecule has 0 aliphatic rings. The number of benzene rings is 2. The Hall–Kier alpha value is -2.04. The van der Waals surface area contributed by atoms with E-state index in [2.05, 4.69) is 10.9 Å². The summed E-state index contributed by atoms with van der Waals surface area (Å²) in [4.78, 5) is 12.0. The summed E-state index contributed by atoms with van der Waals surface area (Å²) in [6.07, 6.45) is -0.0520. The Bertz CT molecular complexity index is 657. The van der Waals surface area contributed by atoms with Gasteiger partial charge in [-0.3, -0.25) is 15.6 Å². The minimum absolute atomic E-state index is 0.0520. The van der Waals surface area contributed by atoms with E-state index in [-0.39, 0.29) is 12.3 Å². The predicted molar refractivity (Wildman–Crippen MR) is 88.6 cm³/mol. The Labute approximate surface area is 135 Å². The SMILES string of the molecule is Cc1c(Cl)cccc1NNC(=O)CC(C)(O)c1ccccc1. The molecule has 0 radical (unpaired) electrons. The molecule has 0 bridgehead atoms. The van der Waals surface area contributed by atoms with Crippen molar-refractivity contribution in [3.8, 4) is 0 Å². The van der Waals surface area contributed by atoms with Gasteiger partial charge < -0.3 is 5.11 Å². The number of carbonyl (C=O) groups is 1. The third-order valence-electron chi connectivity index (χ3n) is 3.50. The standard InChI is InChI=1S/C17H19ClN2O2/c1-12-14(18)9-6-10-15(12)19-20-16(21)11-17(2,22)13-7-4-3-5-8-13/h3-10,19,22H,11H2,1-2H3,(H,20,21). The van der Waals surface area contributed by atoms with Crippen LogP contribution in [0.15, 0.2) is 48.5 Å². The number of hydrogen-bond acceptors (Lipinski definition) is 3. The molecule has 0 aliphatic heterocycles. The summed E-state index contributed by atoms with van der Waals surface area (Å²) in [6.45, 7) is 3.48. The molecule has 1 atom stereocenters. The van der Waals surface area contributed by atoms with E-state index < -0.39 is 5.60 Å². The summed E-state index contributed by atoms with van der Waals surface area (Å²) in [7, 11) is 0. The second kappa shape index (κ2) is 6.81. The molecule has 0 aliphatic carbocycles. The van der Waals surface area contributed by atoms with Crippen LogP contribution >= 0.6 is 11.6 Å². The number of carbonyl (C=O) groups excluding carboxylic acids is 1. The van der Waals surface area contributed by atoms with Crippen molar-refractivity contribution in [2.75, 3.05) is 5.43 Å². The molecular formula is C17H19ClN2O2. The number of hydrazine groups is 1. The maximum atomic E-state index is 12.0. The fraction of sp³-hybridized carbons (Fsp3) is 0.235. The Morgan fingerprint density at radius 3 is 2.55 bits per heavy atom. The van der Waals surface area contributed by atoms with Gasteiger partial charge in [0.2, 0.25) is 5.91 Å². The maximum absolute atomic E-state index is 12.0. The zero-order chi connectivity index (χ0) is 16.2. The van der Waals surface area contributed by atoms with Gasteiger partial charge in [0.1, 0.15) is 0 Å². The summed E-state index contributed by atoms with van der Waals surface area (Å²) >= 11 is 6.02. The van der Waals surface area contributed by atoms with Crippen LogP contribution in [-0.4, -0.2) is 11.0 Å². The number of hydrogen-bond donors (Lipinski definition) is 3. The number of anilines is 1. The second-order valence-electron chi connectivity index (χ2n) is 5.40. The van der Waals surface area contributed by atoms with Gasteiger partial charge in [-0.2, -0.15) is 0 Å². The third-order valence-corrected chi connectivity index (χ3v) is 3.91. The largest absolute Gasteiger partial charge is 0.385 e. The van der Waals surface area contributed by atoms with Crippen LogP contribution in [-0.2, 0) is 10.4 Å². The van der Waals surface area contributed by atoms with Crippen molar-refractivity contribution in [3.63, 3.8) is 0 Å². The number of amides is 1. The second-order valence-corrected chi connectivity index (χ2v) is 5.81. The van der Waals surface area contributed by atoms with E-state index in [0.717, 1.165) is 11.3 Å². The highest BCUT2D eigenvalue weighted by atomic mass is 35.5. The molecule has 0 aromatic heterocycles. The van der Waals surface area contributed by atoms with Gasteiger partial charge in [-0.25, -0.2) is 0 Å². The molecule has 4 nitrogen and oxygen atoms in total. The first-order chi connectivity index (χ1) is 10.4. The van der Waals surface area contributed by atoms with Crippen LogP contribution in [0.5, 0.6) is 0 Å². The van der Waals surface area contributed by atoms with Crippen LogP contribution in [0.2, 0.25) is 5.02 Å². The Morgan fingerprint density at radius 2 is 1.86 bits per heavy atom. The van der Waals surface area contributed by atoms with E-state index in [0.29, 0.717) is 10.6 Å². The number of rotatable bonds is 5. The molecule has 2 aromatic rings. The third kappa shape index (κ3) is 4.00. The van der Waals surface area contributed by atoms with E-state index in [1.54, 1.807) is 31.2 Å². The van der Waals surface area contributed by atoms with Crippen LogP contribution in [0.25, 0.3) is 0 Å². The zero-order valence-corrected chi connectivity index (χ0v) is 13.3. The summed E-state index contributed by atoms with van der Waals surface area (Å²) in [5.41, 5.74) is 6.46. The number of nitrogens with one attached hydrogen (secondary N) is 2. The highest BCUT2D eigenvalue weighted by Crippen LogP contribution is 2.24. The average molecular weight is 319 g/mol. The van der Waals surface area contributed by atoms with Gasteiger partial charge in [-0.05, 0) is 37.1 Å². The van der Waals surface area contributed by atoms with E-state index in [4.69, 9.17) is 11.6 Å². The molecule has 0 spiro atoms. The minimum atomic E-state index is -1.23. The lowest BCUT2D eigenvalue weighted by molar-refractivity contribution is -0.125. The van der Waals surface area contributed by atoms with Crippen LogP contribution in [0.1, 0.15) is 24.5 Å². The van der Waals surface area contributed by atoms with Crippen LogP contribution < -0.4 is 10.9 Å². The highest BCUT2D eigenvalue weighted by molar-refractivity contribution is 6.31. The molecule has 22 heavy (non-hydrogen) atoms. The quantitative estimate of drug-likeness (QED) is 0.741. The van der Waals surface area contributed by atoms with Crippen molar-refractivity contribution in [1.82, 2.24) is 5.43 Å². The molecule has 116 valence electrons. The zero-order valence-electron chi connectivity index (χ0n) is 12.6. The van der Waals surface area contributed by atoms with Gasteiger partial charge in [0.25, 0.3) is 0 Å². The van der Waals surface area contributed by atoms with Crippen LogP contribution in [0.3, 0.4) is 0 Å². The van der Waals surface area contributed by atoms with Gasteiger partial charge >= 0.3 is 0 Å². The topological polar surface area (TPSA) is 61.4 Å². The Morgan fingerprint density at radius 1 is 1.18 bits per heavy atom. The van der Waals surface area contributed by atoms with Crippen molar-refractivity contribution in [2.45, 2.75) is 25.9 Å². The molecule has 0 saturated heterocycles. The van der Waals surface area contributed by atoms with Crippen LogP contribution in [0.4, 0.5) is 5.69 Å². The molecule has 0 heterocycles. The van der Waals surface area contributed by atoms with Crippen molar-refractivity contribution < 1.29 is 9.90 Å². The first-order valence-corrected chi connectivity index (χ1v) is 7.36. The molecule has 3 N–H and O–H groups in total. The van der Waals surface area contributed by atoms with Crippen molar-refractivity contribution >= 4 is 23.2 Å². The lowest BCUT2D eigenvalue weighted by Crippen LogP contribution is -2.36. The summed E-state index contributed by atoms with van der Waals surface area (Å²) < 4.78 is 0. The molecule has 2 rings (SSSR count). The van der Waals surface area contributed by atoms with E-state index in [9.17, 15) is 9.90 Å². The molecule has 0 saturated carbocycles. The fourth-order valence-corrected chi connectivity index (χ4v) is 2.31. The van der Waals surface area contributed by atoms with Gasteiger partial charge in [0.05, 0.1) is 17.7 Å². The highest BCUT2D eigenvalue weighted by Gasteiger charge is 2.26. The minimum Gasteiger partial charge on any atom is -0.385 e. The van der Waals surface area contributed by atoms with Gasteiger partial charge in [-0.1, -0.05) is 48.0 Å². The molecule has 2 aromatic carbocycles. The lowest BCUT2D eigenvalue weighted by atomic mass is 9.92. The van der Waals surface area contributed by atoms with Crippen molar-refractivity contribution in [2.24, 2.45) is 0 Å². The fourth-order valence-electron chi connectivity index (χ4n) is 2.14. The predicted octanol–water partition coefficient (Wildman–Crippen LogP) is 3.39. The monoisotopic (exact) mass is 318 g/mol. The molecule has 0 fully saturated rings. The van der Waals surface area contributed by atoms with Gasteiger partial charge in [0, 0.05) is 5.02 Å². The van der Waals surface area contributed by atoms with E-state index >= 15 is 0 Å². The normalized spacial score (nSPS) is 13.3. The maximum Gasteiger partial charge on any atom is 0.241 e. The van der Waals surface area contributed by atoms with Crippen molar-refractivity contribution in [1.29, 1.82) is 0 Å². The van der Waals surface area contributed by atoms with Crippen molar-refractivity contribution in [3.05, 3.63) is 64.7 Å². The summed E-state index contributed by atoms with van der Waals surface area (Å²) in [5, 5.41) is 11.1. The molecule has 5 heteroatoms. The number of aliphatic hydroxyl groups is 1. The first kappa shape index (κ1) is 16.3. The molecule has 1 unspecified atom stereocenters. The van der Waals surface area contributed by atoms with Crippen LogP contribution in [0, 0.1) is 6.92 Å². The molecular weight excluding hydrogens is 300 g/mol. The molecule has 1 amide bonds. The van der Waals surface area contributed by atoms with E-state index in [1.165, 1.54) is 0 Å². The Balaban J connectivity index is 1.97. The van der Waals surface area contributed by atoms with E-state index in [1.807, 2.05) is 31.2 Å². The summed E-state index contributed by atoms with van der Waals surface area (Å²) in [5.74, 6) is -0.312. The number of halogens is 1. The lowest BCUT2D eigenvalue weighted by Gasteiger charge is -2.23. The first-order valence-electron chi connectivity index (χ1n) is 6.98. The average Bonchev–Trinajstić information content (AvgIpc) is 2.49. The van der Waals surface area contributed by atoms with Gasteiger partial charge in [-0.15, -0.1) is 0 Å². The summed E-state index contributed by atoms with van der Waals surface area (Å²) in [6, 6.07) is 14.5. The van der Waals surface area contributed by atoms with Gasteiger partial charge in [0.15, 0.2) is 0 Å².